The third kappa shape index (κ3) is 5.94. The number of β-amino-alcohol motifs (C(OH)–C–C–N with tert-alkyl or cyclic N) is 1. The minimum absolute atomic E-state index is 0.0948. The summed E-state index contributed by atoms with van der Waals surface area (Å²) in [4.78, 5) is 25.8. The van der Waals surface area contributed by atoms with Crippen molar-refractivity contribution < 1.29 is 27.9 Å². The molecule has 0 bridgehead atoms. The molecule has 1 fully saturated rings. The maximum absolute atomic E-state index is 13.0. The molecule has 1 aliphatic rings. The number of furan rings is 1. The van der Waals surface area contributed by atoms with Gasteiger partial charge in [-0.1, -0.05) is 32.0 Å². The highest BCUT2D eigenvalue weighted by atomic mass is 32.2. The summed E-state index contributed by atoms with van der Waals surface area (Å²) in [6.45, 7) is 5.55. The van der Waals surface area contributed by atoms with Crippen LogP contribution in [-0.2, 0) is 16.1 Å². The van der Waals surface area contributed by atoms with Crippen molar-refractivity contribution in [1.29, 1.82) is 0 Å². The number of carbonyl (C=O) groups is 2. The molecular formula is C22H30N3O6S-. The average molecular weight is 465 g/mol. The highest BCUT2D eigenvalue weighted by Crippen LogP contribution is 2.21. The molecule has 1 aromatic carbocycles. The molecule has 0 radical (unpaired) electrons. The molecular weight excluding hydrogens is 434 g/mol. The molecule has 1 saturated heterocycles. The fraction of sp³-hybridized carbons (Fsp3) is 0.545. The maximum atomic E-state index is 13.0. The molecule has 3 rings (SSSR count). The van der Waals surface area contributed by atoms with Gasteiger partial charge in [0.1, 0.15) is 11.6 Å². The number of fused-ring (bicyclic) bond motifs is 1. The van der Waals surface area contributed by atoms with Gasteiger partial charge >= 0.3 is 0 Å². The second kappa shape index (κ2) is 10.6. The average Bonchev–Trinajstić information content (AvgIpc) is 3.11. The van der Waals surface area contributed by atoms with Crippen LogP contribution in [0.15, 0.2) is 34.7 Å². The molecule has 10 heteroatoms. The second-order valence-corrected chi connectivity index (χ2v) is 9.63. The van der Waals surface area contributed by atoms with E-state index in [2.05, 4.69) is 10.6 Å². The number of benzene rings is 1. The van der Waals surface area contributed by atoms with Crippen LogP contribution in [0.5, 0.6) is 0 Å². The van der Waals surface area contributed by atoms with Crippen molar-refractivity contribution in [3.05, 3.63) is 36.1 Å². The first kappa shape index (κ1) is 24.4. The van der Waals surface area contributed by atoms with Crippen molar-refractivity contribution in [1.82, 2.24) is 14.9 Å². The van der Waals surface area contributed by atoms with Crippen LogP contribution in [0.2, 0.25) is 0 Å². The quantitative estimate of drug-likeness (QED) is 0.534. The van der Waals surface area contributed by atoms with Gasteiger partial charge in [0.2, 0.25) is 5.91 Å². The molecule has 9 nitrogen and oxygen atoms in total. The molecule has 176 valence electrons. The second-order valence-electron chi connectivity index (χ2n) is 8.73. The van der Waals surface area contributed by atoms with Crippen molar-refractivity contribution in [3.63, 3.8) is 0 Å². The van der Waals surface area contributed by atoms with Gasteiger partial charge < -0.3 is 24.7 Å². The first-order valence-corrected chi connectivity index (χ1v) is 11.8. The fourth-order valence-corrected chi connectivity index (χ4v) is 4.61. The van der Waals surface area contributed by atoms with Crippen molar-refractivity contribution in [2.45, 2.75) is 64.3 Å². The number of aliphatic hydroxyl groups excluding tert-OH is 1. The standard InChI is InChI=1S/C22H31N3O6S/c1-13(2)10-17(24-22(28)20-11-15-6-4-5-7-19(15)31-20)21(27)23-16-9-8-14(3)25(32(29)30)12-18(16)26/h4-7,11,13-14,16-18,26H,8-10,12H2,1-3H3,(H,23,27)(H,24,28)(H,29,30)/p-1/t14-,16-,17-,18-/m0/s1. The monoisotopic (exact) mass is 464 g/mol. The molecule has 2 amide bonds. The van der Waals surface area contributed by atoms with Gasteiger partial charge in [-0.2, -0.15) is 0 Å². The predicted molar refractivity (Wildman–Crippen MR) is 119 cm³/mol. The number of nitrogens with zero attached hydrogens (tertiary/aromatic N) is 1. The molecule has 0 spiro atoms. The van der Waals surface area contributed by atoms with Crippen LogP contribution in [0.25, 0.3) is 11.0 Å². The highest BCUT2D eigenvalue weighted by Gasteiger charge is 2.33. The van der Waals surface area contributed by atoms with Crippen LogP contribution in [-0.4, -0.2) is 60.8 Å². The number of carbonyl (C=O) groups excluding carboxylic acids is 2. The summed E-state index contributed by atoms with van der Waals surface area (Å²) in [6, 6.07) is 7.16. The Morgan fingerprint density at radius 3 is 2.69 bits per heavy atom. The minimum atomic E-state index is -2.45. The maximum Gasteiger partial charge on any atom is 0.287 e. The van der Waals surface area contributed by atoms with Crippen molar-refractivity contribution in [3.8, 4) is 0 Å². The number of aliphatic hydroxyl groups is 1. The summed E-state index contributed by atoms with van der Waals surface area (Å²) >= 11 is -2.45. The van der Waals surface area contributed by atoms with E-state index < -0.39 is 41.3 Å². The van der Waals surface area contributed by atoms with Gasteiger partial charge in [-0.25, -0.2) is 4.31 Å². The largest absolute Gasteiger partial charge is 0.760 e. The Balaban J connectivity index is 1.70. The Labute approximate surface area is 190 Å². The molecule has 2 heterocycles. The third-order valence-corrected chi connectivity index (χ3v) is 6.61. The van der Waals surface area contributed by atoms with Crippen LogP contribution in [0.1, 0.15) is 50.6 Å². The Kier molecular flexibility index (Phi) is 8.05. The molecule has 5 atom stereocenters. The number of nitrogens with one attached hydrogen (secondary N) is 2. The van der Waals surface area contributed by atoms with E-state index in [-0.39, 0.29) is 24.3 Å². The first-order chi connectivity index (χ1) is 15.2. The molecule has 32 heavy (non-hydrogen) atoms. The molecule has 2 aromatic rings. The van der Waals surface area contributed by atoms with Gasteiger partial charge in [0.25, 0.3) is 5.91 Å². The number of para-hydroxylation sites is 1. The van der Waals surface area contributed by atoms with Crippen LogP contribution in [0.4, 0.5) is 0 Å². The lowest BCUT2D eigenvalue weighted by atomic mass is 10.0. The van der Waals surface area contributed by atoms with Gasteiger partial charge in [-0.3, -0.25) is 13.8 Å². The smallest absolute Gasteiger partial charge is 0.287 e. The number of hydrogen-bond acceptors (Lipinski definition) is 6. The molecule has 1 unspecified atom stereocenters. The number of hydrogen-bond donors (Lipinski definition) is 3. The lowest BCUT2D eigenvalue weighted by molar-refractivity contribution is -0.125. The van der Waals surface area contributed by atoms with Gasteiger partial charge in [0, 0.05) is 29.2 Å². The summed E-state index contributed by atoms with van der Waals surface area (Å²) in [5, 5.41) is 16.9. The molecule has 1 aromatic heterocycles. The van der Waals surface area contributed by atoms with E-state index in [4.69, 9.17) is 4.42 Å². The summed E-state index contributed by atoms with van der Waals surface area (Å²) < 4.78 is 29.6. The molecule has 0 saturated carbocycles. The van der Waals surface area contributed by atoms with E-state index in [1.54, 1.807) is 19.1 Å². The highest BCUT2D eigenvalue weighted by molar-refractivity contribution is 7.76. The van der Waals surface area contributed by atoms with Crippen LogP contribution in [0.3, 0.4) is 0 Å². The van der Waals surface area contributed by atoms with Gasteiger partial charge in [-0.05, 0) is 44.2 Å². The normalized spacial score (nSPS) is 24.1. The summed E-state index contributed by atoms with van der Waals surface area (Å²) in [5.74, 6) is -0.676. The van der Waals surface area contributed by atoms with E-state index in [1.165, 1.54) is 4.31 Å². The van der Waals surface area contributed by atoms with E-state index >= 15 is 0 Å². The van der Waals surface area contributed by atoms with Crippen molar-refractivity contribution in [2.24, 2.45) is 5.92 Å². The summed E-state index contributed by atoms with van der Waals surface area (Å²) in [6.07, 6.45) is 0.269. The van der Waals surface area contributed by atoms with E-state index in [9.17, 15) is 23.5 Å². The van der Waals surface area contributed by atoms with Crippen molar-refractivity contribution in [2.75, 3.05) is 6.54 Å². The zero-order valence-corrected chi connectivity index (χ0v) is 19.3. The minimum Gasteiger partial charge on any atom is -0.760 e. The Morgan fingerprint density at radius 2 is 2.03 bits per heavy atom. The van der Waals surface area contributed by atoms with E-state index in [0.717, 1.165) is 5.39 Å². The van der Waals surface area contributed by atoms with E-state index in [1.807, 2.05) is 32.0 Å². The van der Waals surface area contributed by atoms with Gasteiger partial charge in [-0.15, -0.1) is 0 Å². The Morgan fingerprint density at radius 1 is 1.31 bits per heavy atom. The first-order valence-electron chi connectivity index (χ1n) is 10.8. The Hall–Kier alpha value is -2.27. The molecule has 1 aliphatic heterocycles. The predicted octanol–water partition coefficient (Wildman–Crippen LogP) is 1.70. The SMILES string of the molecule is CC(C)C[C@H](NC(=O)c1cc2ccccc2o1)C(=O)N[C@H]1CC[C@H](C)N(S(=O)[O-])C[C@@H]1O. The lowest BCUT2D eigenvalue weighted by Gasteiger charge is -2.30. The van der Waals surface area contributed by atoms with Crippen LogP contribution < -0.4 is 10.6 Å². The number of amides is 2. The van der Waals surface area contributed by atoms with E-state index in [0.29, 0.717) is 24.8 Å². The van der Waals surface area contributed by atoms with Gasteiger partial charge in [0.15, 0.2) is 5.76 Å². The van der Waals surface area contributed by atoms with Crippen LogP contribution >= 0.6 is 0 Å². The lowest BCUT2D eigenvalue weighted by Crippen LogP contribution is -2.53. The zero-order valence-electron chi connectivity index (χ0n) is 18.4. The zero-order chi connectivity index (χ0) is 23.4. The van der Waals surface area contributed by atoms with Crippen molar-refractivity contribution >= 4 is 34.1 Å². The number of rotatable bonds is 7. The van der Waals surface area contributed by atoms with Crippen LogP contribution in [0, 0.1) is 5.92 Å². The topological polar surface area (TPSA) is 135 Å². The molecule has 0 aliphatic carbocycles. The summed E-state index contributed by atoms with van der Waals surface area (Å²) in [7, 11) is 0. The Bertz CT molecular complexity index is 944. The third-order valence-electron chi connectivity index (χ3n) is 5.72. The summed E-state index contributed by atoms with van der Waals surface area (Å²) in [5.41, 5.74) is 0.582. The van der Waals surface area contributed by atoms with Gasteiger partial charge in [0.05, 0.1) is 12.1 Å². The molecule has 3 N–H and O–H groups in total. The fourth-order valence-electron chi connectivity index (χ4n) is 3.93.